The molecule has 0 radical (unpaired) electrons. The third-order valence-electron chi connectivity index (χ3n) is 7.02. The summed E-state index contributed by atoms with van der Waals surface area (Å²) in [6.45, 7) is 0. The molecule has 0 amide bonds. The third-order valence-corrected chi connectivity index (χ3v) is 7.73. The number of rotatable bonds is 6. The van der Waals surface area contributed by atoms with Crippen LogP contribution in [0.15, 0.2) is 136 Å². The summed E-state index contributed by atoms with van der Waals surface area (Å²) in [7, 11) is 0. The Morgan fingerprint density at radius 2 is 1.15 bits per heavy atom. The topological polar surface area (TPSA) is 178 Å². The van der Waals surface area contributed by atoms with Crippen molar-refractivity contribution in [2.45, 2.75) is 0 Å². The highest BCUT2D eigenvalue weighted by Crippen LogP contribution is 2.26. The van der Waals surface area contributed by atoms with Crippen molar-refractivity contribution in [3.63, 3.8) is 0 Å². The molecule has 0 atom stereocenters. The average molecular weight is 747 g/mol. The van der Waals surface area contributed by atoms with Crippen molar-refractivity contribution in [2.24, 2.45) is 10.7 Å². The molecule has 0 aliphatic heterocycles. The Balaban J connectivity index is 0.000000162. The predicted molar refractivity (Wildman–Crippen MR) is 208 cm³/mol. The monoisotopic (exact) mass is 745 g/mol. The molecule has 0 spiro atoms. The zero-order valence-corrected chi connectivity index (χ0v) is 29.1. The molecule has 0 aliphatic rings. The van der Waals surface area contributed by atoms with Gasteiger partial charge >= 0.3 is 0 Å². The molecule has 0 saturated heterocycles. The van der Waals surface area contributed by atoms with E-state index in [1.807, 2.05) is 30.3 Å². The number of anilines is 3. The summed E-state index contributed by atoms with van der Waals surface area (Å²) in [6, 6.07) is 28.8. The molecule has 256 valence electrons. The van der Waals surface area contributed by atoms with Crippen molar-refractivity contribution in [3.8, 4) is 22.9 Å². The molecule has 0 fully saturated rings. The Kier molecular flexibility index (Phi) is 10.2. The lowest BCUT2D eigenvalue weighted by Crippen LogP contribution is -2.21. The number of nitrogens with two attached hydrogens (primary N) is 1. The number of guanidine groups is 1. The van der Waals surface area contributed by atoms with E-state index in [2.05, 4.69) is 50.8 Å². The van der Waals surface area contributed by atoms with Crippen LogP contribution >= 0.6 is 35.4 Å². The lowest BCUT2D eigenvalue weighted by molar-refractivity contribution is 0.619. The normalized spacial score (nSPS) is 11.2. The minimum absolute atomic E-state index is 0.205. The van der Waals surface area contributed by atoms with E-state index < -0.39 is 0 Å². The summed E-state index contributed by atoms with van der Waals surface area (Å²) in [5, 5.41) is 10.8. The van der Waals surface area contributed by atoms with Crippen LogP contribution in [0.1, 0.15) is 0 Å². The molecule has 5 N–H and O–H groups in total. The highest BCUT2D eigenvalue weighted by Gasteiger charge is 2.11. The Labute approximate surface area is 311 Å². The minimum atomic E-state index is 0.205. The minimum Gasteiger partial charge on any atom is -0.434 e. The van der Waals surface area contributed by atoms with Crippen molar-refractivity contribution < 1.29 is 8.83 Å². The number of oxazole rings is 2. The van der Waals surface area contributed by atoms with Gasteiger partial charge < -0.3 is 30.5 Å². The zero-order valence-electron chi connectivity index (χ0n) is 26.7. The number of hydrogen-bond donors (Lipinski definition) is 4. The number of nitrogens with one attached hydrogen (secondary N) is 3. The highest BCUT2D eigenvalue weighted by molar-refractivity contribution is 7.80. The fourth-order valence-corrected chi connectivity index (χ4v) is 5.15. The summed E-state index contributed by atoms with van der Waals surface area (Å²) in [6.07, 6.45) is 6.62. The molecule has 52 heavy (non-hydrogen) atoms. The third kappa shape index (κ3) is 8.62. The van der Waals surface area contributed by atoms with E-state index in [1.54, 1.807) is 91.5 Å². The van der Waals surface area contributed by atoms with E-state index in [0.29, 0.717) is 61.0 Å². The van der Waals surface area contributed by atoms with Gasteiger partial charge in [0.1, 0.15) is 5.82 Å². The summed E-state index contributed by atoms with van der Waals surface area (Å²) >= 11 is 17.1. The number of aliphatic imine (C=N–C) groups is 1. The van der Waals surface area contributed by atoms with Crippen molar-refractivity contribution in [1.82, 2.24) is 29.9 Å². The van der Waals surface area contributed by atoms with Crippen molar-refractivity contribution in [2.75, 3.05) is 16.0 Å². The molecular weight excluding hydrogens is 721 g/mol. The quantitative estimate of drug-likeness (QED) is 0.0722. The second-order valence-corrected chi connectivity index (χ2v) is 12.0. The second-order valence-electron chi connectivity index (χ2n) is 10.7. The summed E-state index contributed by atoms with van der Waals surface area (Å²) in [5.41, 5.74) is 11.4. The molecule has 8 aromatic rings. The number of halogens is 2. The standard InChI is InChI=1S/C18H13ClN6O.C18H12ClN5OS/c19-12-3-5-13(6-4-12)23-18(20)24-15-10-11(7-9-21-15)17-25-16-14(26-17)2-1-8-22-16;19-12-3-5-13(6-4-12)22-18(26)23-15-10-11(7-9-20-15)17-24-16-14(25-17)2-1-8-21-16/h1-10H,(H3,20,21,23,24);1-10H,(H2,20,22,23,26). The molecule has 0 saturated carbocycles. The molecule has 8 rings (SSSR count). The van der Waals surface area contributed by atoms with E-state index in [4.69, 9.17) is 50.0 Å². The molecular formula is C36H25Cl2N11O2S. The molecule has 13 nitrogen and oxygen atoms in total. The average Bonchev–Trinajstić information content (AvgIpc) is 3.79. The van der Waals surface area contributed by atoms with Crippen LogP contribution in [0, 0.1) is 0 Å². The largest absolute Gasteiger partial charge is 0.434 e. The van der Waals surface area contributed by atoms with Crippen LogP contribution in [0.2, 0.25) is 10.0 Å². The lowest BCUT2D eigenvalue weighted by atomic mass is 10.2. The van der Waals surface area contributed by atoms with Gasteiger partial charge in [0, 0.05) is 57.3 Å². The molecule has 16 heteroatoms. The van der Waals surface area contributed by atoms with Gasteiger partial charge in [-0.25, -0.2) is 19.9 Å². The van der Waals surface area contributed by atoms with Crippen molar-refractivity contribution >= 4 is 92.0 Å². The number of benzene rings is 2. The van der Waals surface area contributed by atoms with Crippen LogP contribution < -0.4 is 21.7 Å². The Hall–Kier alpha value is -6.48. The predicted octanol–water partition coefficient (Wildman–Crippen LogP) is 8.74. The van der Waals surface area contributed by atoms with E-state index in [0.717, 1.165) is 22.5 Å². The first kappa shape index (κ1) is 34.0. The SMILES string of the molecule is NC(=Nc1cc(-c2nc3ncccc3o2)ccn1)Nc1ccc(Cl)cc1.S=C(Nc1ccc(Cl)cc1)Nc1cc(-c2nc3ncccc3o2)ccn1. The Bertz CT molecular complexity index is 2460. The van der Waals surface area contributed by atoms with Gasteiger partial charge in [0.15, 0.2) is 39.4 Å². The molecule has 0 unspecified atom stereocenters. The van der Waals surface area contributed by atoms with E-state index in [-0.39, 0.29) is 5.96 Å². The number of fused-ring (bicyclic) bond motifs is 2. The van der Waals surface area contributed by atoms with E-state index >= 15 is 0 Å². The number of thiocarbonyl (C=S) groups is 1. The van der Waals surface area contributed by atoms with E-state index in [9.17, 15) is 0 Å². The van der Waals surface area contributed by atoms with Crippen molar-refractivity contribution in [3.05, 3.63) is 132 Å². The van der Waals surface area contributed by atoms with Crippen LogP contribution in [0.25, 0.3) is 45.4 Å². The van der Waals surface area contributed by atoms with Crippen LogP contribution in [0.5, 0.6) is 0 Å². The zero-order chi connectivity index (χ0) is 35.9. The summed E-state index contributed by atoms with van der Waals surface area (Å²) in [4.78, 5) is 29.8. The maximum Gasteiger partial charge on any atom is 0.229 e. The van der Waals surface area contributed by atoms with Gasteiger partial charge in [0.25, 0.3) is 0 Å². The molecule has 6 aromatic heterocycles. The maximum atomic E-state index is 5.94. The summed E-state index contributed by atoms with van der Waals surface area (Å²) < 4.78 is 11.4. The van der Waals surface area contributed by atoms with Gasteiger partial charge in [-0.1, -0.05) is 23.2 Å². The van der Waals surface area contributed by atoms with Crippen LogP contribution in [0.4, 0.5) is 23.0 Å². The van der Waals surface area contributed by atoms with Gasteiger partial charge in [-0.2, -0.15) is 15.0 Å². The van der Waals surface area contributed by atoms with Crippen LogP contribution in [0.3, 0.4) is 0 Å². The van der Waals surface area contributed by atoms with Gasteiger partial charge in [-0.15, -0.1) is 0 Å². The maximum absolute atomic E-state index is 5.94. The first-order valence-corrected chi connectivity index (χ1v) is 16.6. The molecule has 0 aliphatic carbocycles. The molecule has 6 heterocycles. The smallest absolute Gasteiger partial charge is 0.229 e. The highest BCUT2D eigenvalue weighted by atomic mass is 35.5. The summed E-state index contributed by atoms with van der Waals surface area (Å²) in [5.74, 6) is 2.12. The second kappa shape index (κ2) is 15.6. The fourth-order valence-electron chi connectivity index (χ4n) is 4.67. The van der Waals surface area contributed by atoms with Crippen LogP contribution in [-0.4, -0.2) is 41.0 Å². The Morgan fingerprint density at radius 3 is 1.73 bits per heavy atom. The number of pyridine rings is 4. The van der Waals surface area contributed by atoms with Crippen LogP contribution in [-0.2, 0) is 0 Å². The fraction of sp³-hybridized carbons (Fsp3) is 0. The number of hydrogen-bond acceptors (Lipinski definition) is 10. The van der Waals surface area contributed by atoms with Crippen molar-refractivity contribution in [1.29, 1.82) is 0 Å². The Morgan fingerprint density at radius 1 is 0.615 bits per heavy atom. The first-order chi connectivity index (χ1) is 25.3. The molecule has 2 aromatic carbocycles. The van der Waals surface area contributed by atoms with Gasteiger partial charge in [0.2, 0.25) is 11.8 Å². The molecule has 0 bridgehead atoms. The number of aromatic nitrogens is 6. The van der Waals surface area contributed by atoms with Gasteiger partial charge in [0.05, 0.1) is 0 Å². The van der Waals surface area contributed by atoms with Gasteiger partial charge in [-0.3, -0.25) is 0 Å². The van der Waals surface area contributed by atoms with E-state index in [1.165, 1.54) is 0 Å². The van der Waals surface area contributed by atoms with Gasteiger partial charge in [-0.05, 0) is 109 Å². The lowest BCUT2D eigenvalue weighted by Gasteiger charge is -2.10. The number of nitrogens with zero attached hydrogens (tertiary/aromatic N) is 7. The first-order valence-electron chi connectivity index (χ1n) is 15.4.